The van der Waals surface area contributed by atoms with Crippen molar-refractivity contribution < 1.29 is 4.79 Å². The third-order valence-electron chi connectivity index (χ3n) is 3.08. The molecule has 0 aromatic heterocycles. The van der Waals surface area contributed by atoms with Gasteiger partial charge in [0.1, 0.15) is 6.04 Å². The first-order chi connectivity index (χ1) is 10.8. The molecule has 1 aromatic carbocycles. The summed E-state index contributed by atoms with van der Waals surface area (Å²) >= 11 is 11.8. The molecule has 3 N–H and O–H groups in total. The fourth-order valence-electron chi connectivity index (χ4n) is 1.85. The van der Waals surface area contributed by atoms with Gasteiger partial charge in [-0.25, -0.2) is 0 Å². The van der Waals surface area contributed by atoms with Gasteiger partial charge in [-0.15, -0.1) is 0 Å². The van der Waals surface area contributed by atoms with Crippen molar-refractivity contribution in [2.75, 3.05) is 19.4 Å². The summed E-state index contributed by atoms with van der Waals surface area (Å²) in [6.45, 7) is 5.99. The number of nitrogens with one attached hydrogen (secondary N) is 3. The van der Waals surface area contributed by atoms with Crippen molar-refractivity contribution in [3.63, 3.8) is 0 Å². The number of benzene rings is 1. The largest absolute Gasteiger partial charge is 0.374 e. The lowest BCUT2D eigenvalue weighted by molar-refractivity contribution is -0.122. The van der Waals surface area contributed by atoms with Crippen molar-refractivity contribution in [2.24, 2.45) is 0 Å². The molecule has 0 aliphatic heterocycles. The van der Waals surface area contributed by atoms with Gasteiger partial charge in [-0.05, 0) is 52.6 Å². The fourth-order valence-corrected chi connectivity index (χ4v) is 2.15. The van der Waals surface area contributed by atoms with Crippen molar-refractivity contribution in [2.45, 2.75) is 52.1 Å². The predicted octanol–water partition coefficient (Wildman–Crippen LogP) is 4.32. The van der Waals surface area contributed by atoms with Crippen LogP contribution in [0.25, 0.3) is 0 Å². The summed E-state index contributed by atoms with van der Waals surface area (Å²) in [5, 5.41) is 9.84. The summed E-state index contributed by atoms with van der Waals surface area (Å²) in [4.78, 5) is 12.0. The Hall–Kier alpha value is -0.970. The number of carbonyl (C=O) groups is 1. The quantitative estimate of drug-likeness (QED) is 0.677. The molecular weight excluding hydrogens is 333 g/mol. The van der Waals surface area contributed by atoms with E-state index < -0.39 is 0 Å². The van der Waals surface area contributed by atoms with Crippen LogP contribution < -0.4 is 16.0 Å². The monoisotopic (exact) mass is 361 g/mol. The van der Waals surface area contributed by atoms with Crippen LogP contribution in [0.3, 0.4) is 0 Å². The van der Waals surface area contributed by atoms with Crippen molar-refractivity contribution in [1.29, 1.82) is 0 Å². The average molecular weight is 362 g/mol. The maximum absolute atomic E-state index is 12.0. The summed E-state index contributed by atoms with van der Waals surface area (Å²) in [7, 11) is 3.75. The van der Waals surface area contributed by atoms with Gasteiger partial charge >= 0.3 is 0 Å². The Kier molecular flexibility index (Phi) is 11.9. The van der Waals surface area contributed by atoms with E-state index >= 15 is 0 Å². The first kappa shape index (κ1) is 22.0. The lowest BCUT2D eigenvalue weighted by Crippen LogP contribution is -2.42. The van der Waals surface area contributed by atoms with Gasteiger partial charge in [0, 0.05) is 11.7 Å². The Bertz CT molecular complexity index is 469. The highest BCUT2D eigenvalue weighted by molar-refractivity contribution is 6.42. The average Bonchev–Trinajstić information content (AvgIpc) is 2.49. The molecule has 4 nitrogen and oxygen atoms in total. The van der Waals surface area contributed by atoms with Gasteiger partial charge in [0.15, 0.2) is 0 Å². The zero-order valence-electron chi connectivity index (χ0n) is 14.7. The van der Waals surface area contributed by atoms with Crippen LogP contribution in [0.1, 0.15) is 40.0 Å². The first-order valence-electron chi connectivity index (χ1n) is 7.96. The van der Waals surface area contributed by atoms with Gasteiger partial charge in [0.25, 0.3) is 0 Å². The fraction of sp³-hybridized carbons (Fsp3) is 0.588. The van der Waals surface area contributed by atoms with Crippen LogP contribution in [0.5, 0.6) is 0 Å². The van der Waals surface area contributed by atoms with Crippen molar-refractivity contribution in [1.82, 2.24) is 10.6 Å². The van der Waals surface area contributed by atoms with Crippen molar-refractivity contribution >= 4 is 34.8 Å². The molecule has 0 aliphatic rings. The van der Waals surface area contributed by atoms with Gasteiger partial charge in [-0.1, -0.05) is 43.0 Å². The van der Waals surface area contributed by atoms with Crippen LogP contribution in [0.15, 0.2) is 18.2 Å². The Morgan fingerprint density at radius 1 is 1.17 bits per heavy atom. The lowest BCUT2D eigenvalue weighted by atomic mass is 10.1. The molecule has 0 bridgehead atoms. The summed E-state index contributed by atoms with van der Waals surface area (Å²) in [6.07, 6.45) is 3.26. The molecule has 0 aliphatic carbocycles. The molecule has 1 aromatic rings. The van der Waals surface area contributed by atoms with E-state index in [9.17, 15) is 4.79 Å². The molecule has 1 unspecified atom stereocenters. The highest BCUT2D eigenvalue weighted by atomic mass is 35.5. The minimum atomic E-state index is -0.323. The van der Waals surface area contributed by atoms with Crippen molar-refractivity contribution in [3.05, 3.63) is 28.2 Å². The molecule has 0 saturated heterocycles. The number of rotatable bonds is 7. The van der Waals surface area contributed by atoms with Gasteiger partial charge in [-0.2, -0.15) is 0 Å². The second kappa shape index (κ2) is 12.5. The Balaban J connectivity index is 0.00000149. The predicted molar refractivity (Wildman–Crippen MR) is 102 cm³/mol. The van der Waals surface area contributed by atoms with Gasteiger partial charge in [-0.3, -0.25) is 4.79 Å². The Morgan fingerprint density at radius 2 is 1.78 bits per heavy atom. The number of unbranched alkanes of at least 4 members (excludes halogenated alkanes) is 1. The number of halogens is 2. The molecule has 1 rings (SSSR count). The second-order valence-electron chi connectivity index (χ2n) is 5.55. The van der Waals surface area contributed by atoms with E-state index in [1.807, 2.05) is 27.9 Å². The highest BCUT2D eigenvalue weighted by Crippen LogP contribution is 2.25. The molecule has 0 radical (unpaired) electrons. The van der Waals surface area contributed by atoms with Crippen LogP contribution in [0, 0.1) is 0 Å². The zero-order chi connectivity index (χ0) is 17.8. The summed E-state index contributed by atoms with van der Waals surface area (Å²) < 4.78 is 0. The van der Waals surface area contributed by atoms with Crippen LogP contribution in [-0.4, -0.2) is 32.1 Å². The van der Waals surface area contributed by atoms with Crippen LogP contribution in [-0.2, 0) is 4.79 Å². The normalized spacial score (nSPS) is 12.7. The van der Waals surface area contributed by atoms with Crippen LogP contribution in [0.4, 0.5) is 5.69 Å². The summed E-state index contributed by atoms with van der Waals surface area (Å²) in [6, 6.07) is 5.10. The van der Waals surface area contributed by atoms with Crippen LogP contribution in [0.2, 0.25) is 10.0 Å². The molecule has 0 fully saturated rings. The lowest BCUT2D eigenvalue weighted by Gasteiger charge is -2.19. The number of hydrogen-bond acceptors (Lipinski definition) is 3. The van der Waals surface area contributed by atoms with E-state index in [-0.39, 0.29) is 18.0 Å². The van der Waals surface area contributed by atoms with E-state index in [1.54, 1.807) is 18.2 Å². The second-order valence-corrected chi connectivity index (χ2v) is 6.36. The van der Waals surface area contributed by atoms with E-state index in [0.29, 0.717) is 10.0 Å². The van der Waals surface area contributed by atoms with Crippen LogP contribution >= 0.6 is 23.2 Å². The van der Waals surface area contributed by atoms with E-state index in [4.69, 9.17) is 23.2 Å². The van der Waals surface area contributed by atoms with Crippen molar-refractivity contribution in [3.8, 4) is 0 Å². The first-order valence-corrected chi connectivity index (χ1v) is 8.71. The number of anilines is 1. The number of carbonyl (C=O) groups excluding carboxylic acids is 1. The minimum Gasteiger partial charge on any atom is -0.374 e. The number of hydrogen-bond donors (Lipinski definition) is 3. The maximum Gasteiger partial charge on any atom is 0.242 e. The topological polar surface area (TPSA) is 53.2 Å². The molecule has 0 heterocycles. The molecule has 1 amide bonds. The third kappa shape index (κ3) is 9.69. The SMILES string of the molecule is CCCCC(C)NC(=O)[C@H](C)Nc1ccc(Cl)c(Cl)c1.CNC. The minimum absolute atomic E-state index is 0.0142. The standard InChI is InChI=1S/C15H22Cl2N2O.C2H7N/c1-4-5-6-10(2)18-15(20)11(3)19-12-7-8-13(16)14(17)9-12;1-3-2/h7-11,19H,4-6H2,1-3H3,(H,18,20);3H,1-2H3/t10?,11-;/m0./s1. The molecule has 23 heavy (non-hydrogen) atoms. The summed E-state index contributed by atoms with van der Waals surface area (Å²) in [5.74, 6) is -0.0142. The van der Waals surface area contributed by atoms with Gasteiger partial charge in [0.2, 0.25) is 5.91 Å². The summed E-state index contributed by atoms with van der Waals surface area (Å²) in [5.41, 5.74) is 0.781. The Labute approximate surface area is 150 Å². The smallest absolute Gasteiger partial charge is 0.242 e. The van der Waals surface area contributed by atoms with E-state index in [0.717, 1.165) is 24.9 Å². The molecular formula is C17H29Cl2N3O. The number of amides is 1. The van der Waals surface area contributed by atoms with E-state index in [1.165, 1.54) is 0 Å². The molecule has 2 atom stereocenters. The Morgan fingerprint density at radius 3 is 2.30 bits per heavy atom. The molecule has 132 valence electrons. The highest BCUT2D eigenvalue weighted by Gasteiger charge is 2.15. The zero-order valence-corrected chi connectivity index (χ0v) is 16.2. The molecule has 0 saturated carbocycles. The van der Waals surface area contributed by atoms with Gasteiger partial charge < -0.3 is 16.0 Å². The van der Waals surface area contributed by atoms with E-state index in [2.05, 4.69) is 22.9 Å². The molecule has 0 spiro atoms. The van der Waals surface area contributed by atoms with Gasteiger partial charge in [0.05, 0.1) is 10.0 Å². The third-order valence-corrected chi connectivity index (χ3v) is 3.81. The molecule has 6 heteroatoms. The maximum atomic E-state index is 12.0.